The van der Waals surface area contributed by atoms with E-state index in [0.29, 0.717) is 21.8 Å². The summed E-state index contributed by atoms with van der Waals surface area (Å²) in [5.74, 6) is 1.04. The van der Waals surface area contributed by atoms with Gasteiger partial charge in [0.05, 0.1) is 17.8 Å². The molecule has 5 nitrogen and oxygen atoms in total. The number of aromatic nitrogens is 2. The molecule has 1 aromatic carbocycles. The van der Waals surface area contributed by atoms with Gasteiger partial charge in [-0.3, -0.25) is 0 Å². The zero-order valence-corrected chi connectivity index (χ0v) is 11.6. The first-order chi connectivity index (χ1) is 8.61. The van der Waals surface area contributed by atoms with E-state index in [1.54, 1.807) is 6.20 Å². The molecular formula is C12H12BrN3O2. The smallest absolute Gasteiger partial charge is 0.325 e. The van der Waals surface area contributed by atoms with E-state index < -0.39 is 0 Å². The van der Waals surface area contributed by atoms with E-state index in [-0.39, 0.29) is 6.01 Å². The van der Waals surface area contributed by atoms with Crippen LogP contribution in [0.2, 0.25) is 0 Å². The summed E-state index contributed by atoms with van der Waals surface area (Å²) < 4.78 is 11.3. The largest absolute Gasteiger partial charge is 0.480 e. The molecule has 1 heterocycles. The molecule has 2 aromatic rings. The van der Waals surface area contributed by atoms with E-state index in [1.807, 2.05) is 25.1 Å². The van der Waals surface area contributed by atoms with Gasteiger partial charge in [0.1, 0.15) is 5.75 Å². The number of nitrogens with zero attached hydrogens (tertiary/aromatic N) is 2. The van der Waals surface area contributed by atoms with E-state index in [4.69, 9.17) is 15.2 Å². The molecule has 0 spiro atoms. The molecule has 0 unspecified atom stereocenters. The molecule has 0 atom stereocenters. The second-order valence-electron chi connectivity index (χ2n) is 3.58. The third-order valence-electron chi connectivity index (χ3n) is 2.41. The number of benzene rings is 1. The number of ether oxygens (including phenoxy) is 2. The van der Waals surface area contributed by atoms with Crippen molar-refractivity contribution in [2.45, 2.75) is 6.92 Å². The van der Waals surface area contributed by atoms with Crippen LogP contribution in [0.1, 0.15) is 5.56 Å². The fourth-order valence-electron chi connectivity index (χ4n) is 1.37. The molecule has 6 heteroatoms. The summed E-state index contributed by atoms with van der Waals surface area (Å²) >= 11 is 3.28. The quantitative estimate of drug-likeness (QED) is 0.883. The molecule has 1 aromatic heterocycles. The van der Waals surface area contributed by atoms with Crippen molar-refractivity contribution in [2.24, 2.45) is 0 Å². The van der Waals surface area contributed by atoms with Gasteiger partial charge in [0.25, 0.3) is 0 Å². The van der Waals surface area contributed by atoms with Gasteiger partial charge in [-0.15, -0.1) is 0 Å². The molecule has 0 bridgehead atoms. The van der Waals surface area contributed by atoms with Crippen molar-refractivity contribution < 1.29 is 9.47 Å². The molecule has 94 valence electrons. The van der Waals surface area contributed by atoms with Gasteiger partial charge in [-0.1, -0.05) is 6.07 Å². The van der Waals surface area contributed by atoms with Crippen molar-refractivity contribution in [1.82, 2.24) is 9.97 Å². The third-order valence-corrected chi connectivity index (χ3v) is 2.95. The van der Waals surface area contributed by atoms with Crippen molar-refractivity contribution in [2.75, 3.05) is 12.8 Å². The lowest BCUT2D eigenvalue weighted by molar-refractivity contribution is 0.373. The number of hydrogen-bond acceptors (Lipinski definition) is 5. The Balaban J connectivity index is 2.31. The fourth-order valence-corrected chi connectivity index (χ4v) is 1.72. The Morgan fingerprint density at radius 3 is 2.83 bits per heavy atom. The van der Waals surface area contributed by atoms with Crippen LogP contribution in [-0.4, -0.2) is 17.1 Å². The first kappa shape index (κ1) is 12.6. The minimum absolute atomic E-state index is 0.212. The van der Waals surface area contributed by atoms with Crippen LogP contribution in [0.15, 0.2) is 28.9 Å². The Bertz CT molecular complexity index is 575. The van der Waals surface area contributed by atoms with Gasteiger partial charge in [-0.25, -0.2) is 4.98 Å². The van der Waals surface area contributed by atoms with Crippen LogP contribution < -0.4 is 15.2 Å². The minimum Gasteiger partial charge on any atom is -0.480 e. The van der Waals surface area contributed by atoms with E-state index >= 15 is 0 Å². The van der Waals surface area contributed by atoms with Crippen LogP contribution in [0.4, 0.5) is 5.69 Å². The summed E-state index contributed by atoms with van der Waals surface area (Å²) in [4.78, 5) is 8.17. The standard InChI is InChI=1S/C12H12BrN3O2/c1-7-9(14)4-3-5-10(7)18-12-15-6-8(13)11(16-12)17-2/h3-6H,14H2,1-2H3. The molecule has 2 rings (SSSR count). The van der Waals surface area contributed by atoms with Gasteiger partial charge < -0.3 is 15.2 Å². The lowest BCUT2D eigenvalue weighted by Gasteiger charge is -2.09. The van der Waals surface area contributed by atoms with Crippen molar-refractivity contribution in [3.63, 3.8) is 0 Å². The average Bonchev–Trinajstić information content (AvgIpc) is 2.37. The molecule has 0 saturated carbocycles. The summed E-state index contributed by atoms with van der Waals surface area (Å²) in [5, 5.41) is 0. The normalized spacial score (nSPS) is 10.2. The van der Waals surface area contributed by atoms with Gasteiger partial charge in [0.15, 0.2) is 0 Å². The Labute approximate surface area is 113 Å². The fraction of sp³-hybridized carbons (Fsp3) is 0.167. The first-order valence-corrected chi connectivity index (χ1v) is 6.00. The second kappa shape index (κ2) is 5.22. The molecule has 0 fully saturated rings. The van der Waals surface area contributed by atoms with Crippen LogP contribution in [0.25, 0.3) is 0 Å². The highest BCUT2D eigenvalue weighted by Crippen LogP contribution is 2.29. The molecule has 18 heavy (non-hydrogen) atoms. The van der Waals surface area contributed by atoms with Crippen molar-refractivity contribution >= 4 is 21.6 Å². The monoisotopic (exact) mass is 309 g/mol. The number of hydrogen-bond donors (Lipinski definition) is 1. The molecule has 0 aliphatic rings. The van der Waals surface area contributed by atoms with Gasteiger partial charge in [-0.2, -0.15) is 4.98 Å². The SMILES string of the molecule is COc1nc(Oc2cccc(N)c2C)ncc1Br. The highest BCUT2D eigenvalue weighted by atomic mass is 79.9. The molecule has 0 radical (unpaired) electrons. The molecule has 0 amide bonds. The van der Waals surface area contributed by atoms with Crippen molar-refractivity contribution in [3.8, 4) is 17.6 Å². The van der Waals surface area contributed by atoms with Crippen LogP contribution >= 0.6 is 15.9 Å². The highest BCUT2D eigenvalue weighted by molar-refractivity contribution is 9.10. The topological polar surface area (TPSA) is 70.3 Å². The predicted octanol–water partition coefficient (Wildman–Crippen LogP) is 2.93. The zero-order chi connectivity index (χ0) is 13.1. The molecule has 0 aliphatic carbocycles. The Hall–Kier alpha value is -1.82. The number of nitrogens with two attached hydrogens (primary N) is 1. The van der Waals surface area contributed by atoms with Gasteiger partial charge >= 0.3 is 6.01 Å². The summed E-state index contributed by atoms with van der Waals surface area (Å²) in [7, 11) is 1.53. The zero-order valence-electron chi connectivity index (χ0n) is 9.98. The summed E-state index contributed by atoms with van der Waals surface area (Å²) in [6, 6.07) is 5.64. The average molecular weight is 310 g/mol. The lowest BCUT2D eigenvalue weighted by Crippen LogP contribution is -1.98. The molecule has 2 N–H and O–H groups in total. The summed E-state index contributed by atoms with van der Waals surface area (Å²) in [5.41, 5.74) is 7.31. The number of halogens is 1. The Morgan fingerprint density at radius 2 is 2.11 bits per heavy atom. The van der Waals surface area contributed by atoms with E-state index in [9.17, 15) is 0 Å². The van der Waals surface area contributed by atoms with Crippen molar-refractivity contribution in [3.05, 3.63) is 34.4 Å². The van der Waals surface area contributed by atoms with Gasteiger partial charge in [0.2, 0.25) is 5.88 Å². The maximum atomic E-state index is 5.80. The maximum Gasteiger partial charge on any atom is 0.325 e. The summed E-state index contributed by atoms with van der Waals surface area (Å²) in [6.45, 7) is 1.88. The Kier molecular flexibility index (Phi) is 3.66. The third kappa shape index (κ3) is 2.53. The Morgan fingerprint density at radius 1 is 1.33 bits per heavy atom. The number of methoxy groups -OCH3 is 1. The van der Waals surface area contributed by atoms with Gasteiger partial charge in [0, 0.05) is 11.3 Å². The van der Waals surface area contributed by atoms with E-state index in [2.05, 4.69) is 25.9 Å². The predicted molar refractivity (Wildman–Crippen MR) is 71.9 cm³/mol. The molecule has 0 saturated heterocycles. The van der Waals surface area contributed by atoms with E-state index in [1.165, 1.54) is 7.11 Å². The maximum absolute atomic E-state index is 5.80. The van der Waals surface area contributed by atoms with Gasteiger partial charge in [-0.05, 0) is 35.0 Å². The van der Waals surface area contributed by atoms with E-state index in [0.717, 1.165) is 5.56 Å². The highest BCUT2D eigenvalue weighted by Gasteiger charge is 2.09. The van der Waals surface area contributed by atoms with Crippen molar-refractivity contribution in [1.29, 1.82) is 0 Å². The van der Waals surface area contributed by atoms with Crippen LogP contribution in [0, 0.1) is 6.92 Å². The van der Waals surface area contributed by atoms with Crippen LogP contribution in [0.5, 0.6) is 17.6 Å². The number of rotatable bonds is 3. The molecular weight excluding hydrogens is 298 g/mol. The summed E-state index contributed by atoms with van der Waals surface area (Å²) in [6.07, 6.45) is 1.57. The number of anilines is 1. The molecule has 0 aliphatic heterocycles. The minimum atomic E-state index is 0.212. The lowest BCUT2D eigenvalue weighted by atomic mass is 10.2. The second-order valence-corrected chi connectivity index (χ2v) is 4.44. The van der Waals surface area contributed by atoms with Crippen LogP contribution in [-0.2, 0) is 0 Å². The first-order valence-electron chi connectivity index (χ1n) is 5.21. The van der Waals surface area contributed by atoms with Crippen LogP contribution in [0.3, 0.4) is 0 Å². The number of nitrogen functional groups attached to an aromatic ring is 1.